The fraction of sp³-hybridized carbons (Fsp3) is 0.600. The molecule has 1 aromatic heterocycles. The summed E-state index contributed by atoms with van der Waals surface area (Å²) in [6.45, 7) is 6.17. The van der Waals surface area contributed by atoms with Gasteiger partial charge in [0.15, 0.2) is 0 Å². The lowest BCUT2D eigenvalue weighted by Gasteiger charge is -2.41. The van der Waals surface area contributed by atoms with Crippen LogP contribution in [0.4, 0.5) is 5.69 Å². The Kier molecular flexibility index (Phi) is 4.08. The van der Waals surface area contributed by atoms with Gasteiger partial charge in [0, 0.05) is 19.3 Å². The highest BCUT2D eigenvalue weighted by molar-refractivity contribution is 5.98. The zero-order chi connectivity index (χ0) is 13.9. The number of amides is 1. The number of piperidine rings is 1. The highest BCUT2D eigenvalue weighted by atomic mass is 16.2. The Bertz CT molecular complexity index is 444. The first kappa shape index (κ1) is 13.8. The van der Waals surface area contributed by atoms with E-state index in [4.69, 9.17) is 5.73 Å². The molecule has 4 heteroatoms. The highest BCUT2D eigenvalue weighted by Crippen LogP contribution is 2.38. The number of nitrogens with two attached hydrogens (primary N) is 1. The Balaban J connectivity index is 2.06. The van der Waals surface area contributed by atoms with Crippen LogP contribution < -0.4 is 5.73 Å². The van der Waals surface area contributed by atoms with E-state index in [9.17, 15) is 4.79 Å². The van der Waals surface area contributed by atoms with E-state index in [0.717, 1.165) is 25.9 Å². The molecule has 0 atom stereocenters. The van der Waals surface area contributed by atoms with Crippen LogP contribution in [0.1, 0.15) is 49.9 Å². The first-order chi connectivity index (χ1) is 9.12. The van der Waals surface area contributed by atoms with Gasteiger partial charge in [-0.2, -0.15) is 0 Å². The average Bonchev–Trinajstić information content (AvgIpc) is 2.47. The molecule has 0 spiro atoms. The largest absolute Gasteiger partial charge is 0.397 e. The first-order valence-electron chi connectivity index (χ1n) is 7.10. The van der Waals surface area contributed by atoms with E-state index in [2.05, 4.69) is 18.8 Å². The molecule has 1 fully saturated rings. The maximum absolute atomic E-state index is 12.4. The van der Waals surface area contributed by atoms with Crippen molar-refractivity contribution in [1.29, 1.82) is 0 Å². The quantitative estimate of drug-likeness (QED) is 0.910. The fourth-order valence-corrected chi connectivity index (χ4v) is 2.91. The number of anilines is 1. The molecule has 2 rings (SSSR count). The standard InChI is InChI=1S/C15H23N3O/c1-3-15(4-2)6-9-18(10-7-15)14(19)12-5-8-17-11-13(12)16/h5,8,11H,3-4,6-7,9-10,16H2,1-2H3. The number of aromatic nitrogens is 1. The van der Waals surface area contributed by atoms with Gasteiger partial charge in [-0.3, -0.25) is 9.78 Å². The van der Waals surface area contributed by atoms with Crippen molar-refractivity contribution in [2.75, 3.05) is 18.8 Å². The van der Waals surface area contributed by atoms with Crippen LogP contribution in [-0.2, 0) is 0 Å². The number of hydrogen-bond donors (Lipinski definition) is 1. The third-order valence-electron chi connectivity index (χ3n) is 4.69. The van der Waals surface area contributed by atoms with Gasteiger partial charge in [0.1, 0.15) is 0 Å². The second kappa shape index (κ2) is 5.59. The predicted molar refractivity (Wildman–Crippen MR) is 76.8 cm³/mol. The van der Waals surface area contributed by atoms with Crippen molar-refractivity contribution in [1.82, 2.24) is 9.88 Å². The molecule has 104 valence electrons. The monoisotopic (exact) mass is 261 g/mol. The van der Waals surface area contributed by atoms with E-state index in [1.165, 1.54) is 12.8 Å². The summed E-state index contributed by atoms with van der Waals surface area (Å²) in [6, 6.07) is 1.71. The molecule has 0 unspecified atom stereocenters. The molecule has 0 saturated carbocycles. The summed E-state index contributed by atoms with van der Waals surface area (Å²) in [4.78, 5) is 18.3. The maximum Gasteiger partial charge on any atom is 0.256 e. The molecule has 1 aromatic rings. The summed E-state index contributed by atoms with van der Waals surface area (Å²) in [7, 11) is 0. The Morgan fingerprint density at radius 3 is 2.53 bits per heavy atom. The van der Waals surface area contributed by atoms with E-state index < -0.39 is 0 Å². The number of pyridine rings is 1. The fourth-order valence-electron chi connectivity index (χ4n) is 2.91. The van der Waals surface area contributed by atoms with Crippen LogP contribution in [0.25, 0.3) is 0 Å². The van der Waals surface area contributed by atoms with Crippen LogP contribution in [-0.4, -0.2) is 28.9 Å². The molecule has 0 radical (unpaired) electrons. The van der Waals surface area contributed by atoms with Gasteiger partial charge in [0.2, 0.25) is 0 Å². The number of rotatable bonds is 3. The number of carbonyl (C=O) groups excluding carboxylic acids is 1. The maximum atomic E-state index is 12.4. The molecule has 1 saturated heterocycles. The number of hydrogen-bond acceptors (Lipinski definition) is 3. The minimum atomic E-state index is 0.0423. The molecule has 1 amide bonds. The molecule has 2 heterocycles. The van der Waals surface area contributed by atoms with Gasteiger partial charge in [-0.15, -0.1) is 0 Å². The second-order valence-corrected chi connectivity index (χ2v) is 5.46. The van der Waals surface area contributed by atoms with E-state index >= 15 is 0 Å². The Morgan fingerprint density at radius 2 is 2.00 bits per heavy atom. The van der Waals surface area contributed by atoms with Crippen molar-refractivity contribution in [3.05, 3.63) is 24.0 Å². The normalized spacial score (nSPS) is 18.3. The summed E-state index contributed by atoms with van der Waals surface area (Å²) >= 11 is 0. The Hall–Kier alpha value is -1.58. The zero-order valence-electron chi connectivity index (χ0n) is 11.9. The lowest BCUT2D eigenvalue weighted by atomic mass is 9.74. The van der Waals surface area contributed by atoms with Crippen LogP contribution in [0.2, 0.25) is 0 Å². The van der Waals surface area contributed by atoms with E-state index in [1.807, 2.05) is 4.90 Å². The third kappa shape index (κ3) is 2.72. The molecule has 1 aliphatic heterocycles. The van der Waals surface area contributed by atoms with Gasteiger partial charge in [-0.05, 0) is 24.3 Å². The number of nitrogens with zero attached hydrogens (tertiary/aromatic N) is 2. The Labute approximate surface area is 115 Å². The molecule has 1 aliphatic rings. The molecule has 0 bridgehead atoms. The van der Waals surface area contributed by atoms with E-state index in [0.29, 0.717) is 16.7 Å². The van der Waals surface area contributed by atoms with Crippen molar-refractivity contribution in [3.63, 3.8) is 0 Å². The van der Waals surface area contributed by atoms with E-state index in [-0.39, 0.29) is 5.91 Å². The van der Waals surface area contributed by atoms with Crippen molar-refractivity contribution in [3.8, 4) is 0 Å². The second-order valence-electron chi connectivity index (χ2n) is 5.46. The van der Waals surface area contributed by atoms with Crippen LogP contribution in [0.5, 0.6) is 0 Å². The predicted octanol–water partition coefficient (Wildman–Crippen LogP) is 2.71. The lowest BCUT2D eigenvalue weighted by molar-refractivity contribution is 0.0558. The van der Waals surface area contributed by atoms with Crippen LogP contribution in [0.3, 0.4) is 0 Å². The van der Waals surface area contributed by atoms with Crippen LogP contribution in [0, 0.1) is 5.41 Å². The Morgan fingerprint density at radius 1 is 1.37 bits per heavy atom. The summed E-state index contributed by atoms with van der Waals surface area (Å²) in [5.41, 5.74) is 7.30. The number of likely N-dealkylation sites (tertiary alicyclic amines) is 1. The molecular weight excluding hydrogens is 238 g/mol. The molecule has 0 aliphatic carbocycles. The number of nitrogen functional groups attached to an aromatic ring is 1. The van der Waals surface area contributed by atoms with Gasteiger partial charge in [-0.25, -0.2) is 0 Å². The van der Waals surface area contributed by atoms with Crippen molar-refractivity contribution in [2.45, 2.75) is 39.5 Å². The van der Waals surface area contributed by atoms with Crippen molar-refractivity contribution in [2.24, 2.45) is 5.41 Å². The third-order valence-corrected chi connectivity index (χ3v) is 4.69. The topological polar surface area (TPSA) is 59.2 Å². The van der Waals surface area contributed by atoms with Crippen LogP contribution >= 0.6 is 0 Å². The first-order valence-corrected chi connectivity index (χ1v) is 7.10. The summed E-state index contributed by atoms with van der Waals surface area (Å²) in [5, 5.41) is 0. The minimum Gasteiger partial charge on any atom is -0.397 e. The van der Waals surface area contributed by atoms with E-state index in [1.54, 1.807) is 18.5 Å². The van der Waals surface area contributed by atoms with Gasteiger partial charge < -0.3 is 10.6 Å². The highest BCUT2D eigenvalue weighted by Gasteiger charge is 2.33. The van der Waals surface area contributed by atoms with Gasteiger partial charge in [0.05, 0.1) is 17.4 Å². The molecule has 0 aromatic carbocycles. The van der Waals surface area contributed by atoms with Crippen molar-refractivity contribution >= 4 is 11.6 Å². The minimum absolute atomic E-state index is 0.0423. The molecular formula is C15H23N3O. The molecule has 4 nitrogen and oxygen atoms in total. The van der Waals surface area contributed by atoms with Gasteiger partial charge in [-0.1, -0.05) is 26.7 Å². The average molecular weight is 261 g/mol. The number of carbonyl (C=O) groups is 1. The summed E-state index contributed by atoms with van der Waals surface area (Å²) in [6.07, 6.45) is 7.74. The molecule has 2 N–H and O–H groups in total. The van der Waals surface area contributed by atoms with Gasteiger partial charge in [0.25, 0.3) is 5.91 Å². The summed E-state index contributed by atoms with van der Waals surface area (Å²) < 4.78 is 0. The SMILES string of the molecule is CCC1(CC)CCN(C(=O)c2ccncc2N)CC1. The zero-order valence-corrected chi connectivity index (χ0v) is 11.9. The van der Waals surface area contributed by atoms with Crippen LogP contribution in [0.15, 0.2) is 18.5 Å². The summed E-state index contributed by atoms with van der Waals surface area (Å²) in [5.74, 6) is 0.0423. The lowest BCUT2D eigenvalue weighted by Crippen LogP contribution is -2.43. The van der Waals surface area contributed by atoms with Crippen molar-refractivity contribution < 1.29 is 4.79 Å². The van der Waals surface area contributed by atoms with Gasteiger partial charge >= 0.3 is 0 Å². The molecule has 19 heavy (non-hydrogen) atoms. The smallest absolute Gasteiger partial charge is 0.256 e.